The van der Waals surface area contributed by atoms with Gasteiger partial charge in [0.25, 0.3) is 5.91 Å². The van der Waals surface area contributed by atoms with Crippen LogP contribution in [0.2, 0.25) is 5.02 Å². The van der Waals surface area contributed by atoms with Crippen molar-refractivity contribution in [2.75, 3.05) is 37.7 Å². The van der Waals surface area contributed by atoms with Gasteiger partial charge in [-0.25, -0.2) is 0 Å². The molecule has 0 N–H and O–H groups in total. The molecular weight excluding hydrogens is 438 g/mol. The van der Waals surface area contributed by atoms with Gasteiger partial charge in [-0.1, -0.05) is 29.8 Å². The number of nitrogens with zero attached hydrogens (tertiary/aromatic N) is 5. The molecule has 2 aliphatic rings. The third-order valence-electron chi connectivity index (χ3n) is 5.53. The van der Waals surface area contributed by atoms with Crippen LogP contribution in [0.25, 0.3) is 0 Å². The molecule has 10 heteroatoms. The van der Waals surface area contributed by atoms with E-state index < -0.39 is 0 Å². The molecule has 1 atom stereocenters. The van der Waals surface area contributed by atoms with Crippen molar-refractivity contribution in [3.05, 3.63) is 34.9 Å². The third kappa shape index (κ3) is 4.88. The largest absolute Gasteiger partial charge is 0.378 e. The number of aromatic nitrogens is 3. The molecule has 2 aromatic rings. The van der Waals surface area contributed by atoms with Gasteiger partial charge < -0.3 is 9.64 Å². The van der Waals surface area contributed by atoms with Gasteiger partial charge in [0.2, 0.25) is 11.9 Å². The number of morpholine rings is 1. The number of thioether (sulfide) groups is 1. The Bertz CT molecular complexity index is 930. The second-order valence-corrected chi connectivity index (χ2v) is 9.14. The summed E-state index contributed by atoms with van der Waals surface area (Å²) in [6.07, 6.45) is 2.38. The van der Waals surface area contributed by atoms with Crippen molar-refractivity contribution in [2.45, 2.75) is 43.1 Å². The summed E-state index contributed by atoms with van der Waals surface area (Å²) in [5.74, 6) is 0.365. The Morgan fingerprint density at radius 1 is 1.16 bits per heavy atom. The van der Waals surface area contributed by atoms with E-state index in [9.17, 15) is 9.59 Å². The average molecular weight is 464 g/mol. The molecule has 2 aliphatic heterocycles. The van der Waals surface area contributed by atoms with Crippen LogP contribution in [-0.2, 0) is 16.1 Å². The Hall–Kier alpha value is -2.10. The number of carbonyl (C=O) groups is 2. The normalized spacial score (nSPS) is 20.1. The molecule has 0 radical (unpaired) electrons. The summed E-state index contributed by atoms with van der Waals surface area (Å²) in [6.45, 7) is 6.06. The Labute approximate surface area is 190 Å². The SMILES string of the molecule is CCn1c(S[C@H]2CCCCN(C(=O)c3ccc(Cl)cc3)C2=O)nnc1N1CCOCC1. The van der Waals surface area contributed by atoms with Crippen LogP contribution in [0.5, 0.6) is 0 Å². The van der Waals surface area contributed by atoms with Crippen molar-refractivity contribution in [1.29, 1.82) is 0 Å². The third-order valence-corrected chi connectivity index (χ3v) is 7.02. The van der Waals surface area contributed by atoms with E-state index in [0.717, 1.165) is 31.9 Å². The van der Waals surface area contributed by atoms with Gasteiger partial charge in [-0.3, -0.25) is 19.1 Å². The zero-order valence-corrected chi connectivity index (χ0v) is 19.1. The van der Waals surface area contributed by atoms with Crippen molar-refractivity contribution in [2.24, 2.45) is 0 Å². The van der Waals surface area contributed by atoms with Gasteiger partial charge in [-0.2, -0.15) is 0 Å². The molecule has 31 heavy (non-hydrogen) atoms. The van der Waals surface area contributed by atoms with E-state index in [2.05, 4.69) is 15.1 Å². The van der Waals surface area contributed by atoms with E-state index in [4.69, 9.17) is 16.3 Å². The molecule has 0 unspecified atom stereocenters. The zero-order valence-electron chi connectivity index (χ0n) is 17.5. The maximum atomic E-state index is 13.3. The van der Waals surface area contributed by atoms with Crippen LogP contribution in [0.4, 0.5) is 5.95 Å². The zero-order chi connectivity index (χ0) is 21.8. The number of carbonyl (C=O) groups excluding carboxylic acids is 2. The summed E-state index contributed by atoms with van der Waals surface area (Å²) >= 11 is 7.34. The molecule has 2 saturated heterocycles. The van der Waals surface area contributed by atoms with Crippen molar-refractivity contribution in [1.82, 2.24) is 19.7 Å². The van der Waals surface area contributed by atoms with Gasteiger partial charge in [-0.05, 0) is 44.0 Å². The lowest BCUT2D eigenvalue weighted by Gasteiger charge is -2.27. The lowest BCUT2D eigenvalue weighted by molar-refractivity contribution is -0.127. The molecular formula is C21H26ClN5O3S. The average Bonchev–Trinajstić information content (AvgIpc) is 3.11. The molecule has 4 rings (SSSR count). The number of hydrogen-bond donors (Lipinski definition) is 0. The number of likely N-dealkylation sites (tertiary alicyclic amines) is 1. The molecule has 0 spiro atoms. The molecule has 0 bridgehead atoms. The van der Waals surface area contributed by atoms with Gasteiger partial charge in [-0.15, -0.1) is 10.2 Å². The second-order valence-electron chi connectivity index (χ2n) is 7.53. The maximum absolute atomic E-state index is 13.3. The monoisotopic (exact) mass is 463 g/mol. The summed E-state index contributed by atoms with van der Waals surface area (Å²) in [4.78, 5) is 29.9. The minimum absolute atomic E-state index is 0.166. The number of amides is 2. The van der Waals surface area contributed by atoms with E-state index in [-0.39, 0.29) is 17.1 Å². The van der Waals surface area contributed by atoms with Crippen LogP contribution < -0.4 is 4.90 Å². The fourth-order valence-electron chi connectivity index (χ4n) is 3.84. The van der Waals surface area contributed by atoms with E-state index in [0.29, 0.717) is 48.5 Å². The van der Waals surface area contributed by atoms with E-state index in [1.165, 1.54) is 16.7 Å². The molecule has 3 heterocycles. The first-order valence-electron chi connectivity index (χ1n) is 10.6. The number of rotatable bonds is 5. The van der Waals surface area contributed by atoms with Crippen LogP contribution in [-0.4, -0.2) is 69.6 Å². The second kappa shape index (κ2) is 10.0. The van der Waals surface area contributed by atoms with Crippen molar-refractivity contribution >= 4 is 41.1 Å². The minimum atomic E-state index is -0.370. The molecule has 1 aromatic carbocycles. The summed E-state index contributed by atoms with van der Waals surface area (Å²) in [6, 6.07) is 6.65. The van der Waals surface area contributed by atoms with Gasteiger partial charge >= 0.3 is 0 Å². The molecule has 166 valence electrons. The molecule has 0 saturated carbocycles. The predicted molar refractivity (Wildman–Crippen MR) is 120 cm³/mol. The first kappa shape index (κ1) is 22.1. The Balaban J connectivity index is 1.52. The number of benzene rings is 1. The molecule has 8 nitrogen and oxygen atoms in total. The molecule has 0 aliphatic carbocycles. The predicted octanol–water partition coefficient (Wildman–Crippen LogP) is 3.10. The fourth-order valence-corrected chi connectivity index (χ4v) is 5.15. The summed E-state index contributed by atoms with van der Waals surface area (Å²) in [5, 5.41) is 9.67. The molecule has 2 amide bonds. The lowest BCUT2D eigenvalue weighted by Crippen LogP contribution is -2.41. The van der Waals surface area contributed by atoms with Crippen LogP contribution in [0, 0.1) is 0 Å². The Kier molecular flexibility index (Phi) is 7.14. The molecule has 1 aromatic heterocycles. The van der Waals surface area contributed by atoms with E-state index in [1.54, 1.807) is 24.3 Å². The van der Waals surface area contributed by atoms with Crippen molar-refractivity contribution in [3.63, 3.8) is 0 Å². The van der Waals surface area contributed by atoms with Gasteiger partial charge in [0.15, 0.2) is 5.16 Å². The van der Waals surface area contributed by atoms with Crippen LogP contribution in [0.3, 0.4) is 0 Å². The summed E-state index contributed by atoms with van der Waals surface area (Å²) < 4.78 is 7.48. The number of halogens is 1. The smallest absolute Gasteiger partial charge is 0.260 e. The van der Waals surface area contributed by atoms with Crippen molar-refractivity contribution in [3.8, 4) is 0 Å². The highest BCUT2D eigenvalue weighted by Crippen LogP contribution is 2.32. The first-order chi connectivity index (χ1) is 15.1. The number of hydrogen-bond acceptors (Lipinski definition) is 7. The van der Waals surface area contributed by atoms with Gasteiger partial charge in [0.05, 0.1) is 18.5 Å². The highest BCUT2D eigenvalue weighted by Gasteiger charge is 2.34. The highest BCUT2D eigenvalue weighted by molar-refractivity contribution is 8.00. The van der Waals surface area contributed by atoms with Gasteiger partial charge in [0, 0.05) is 36.8 Å². The summed E-state index contributed by atoms with van der Waals surface area (Å²) in [5.41, 5.74) is 0.467. The lowest BCUT2D eigenvalue weighted by atomic mass is 10.2. The number of imide groups is 1. The first-order valence-corrected chi connectivity index (χ1v) is 11.9. The molecule has 2 fully saturated rings. The number of anilines is 1. The van der Waals surface area contributed by atoms with Crippen LogP contribution >= 0.6 is 23.4 Å². The van der Waals surface area contributed by atoms with E-state index >= 15 is 0 Å². The van der Waals surface area contributed by atoms with Crippen molar-refractivity contribution < 1.29 is 14.3 Å². The number of ether oxygens (including phenoxy) is 1. The highest BCUT2D eigenvalue weighted by atomic mass is 35.5. The Morgan fingerprint density at radius 3 is 2.61 bits per heavy atom. The van der Waals surface area contributed by atoms with Crippen LogP contribution in [0.15, 0.2) is 29.4 Å². The van der Waals surface area contributed by atoms with Gasteiger partial charge in [0.1, 0.15) is 0 Å². The Morgan fingerprint density at radius 2 is 1.90 bits per heavy atom. The van der Waals surface area contributed by atoms with E-state index in [1.807, 2.05) is 11.5 Å². The summed E-state index contributed by atoms with van der Waals surface area (Å²) in [7, 11) is 0. The fraction of sp³-hybridized carbons (Fsp3) is 0.524. The topological polar surface area (TPSA) is 80.6 Å². The maximum Gasteiger partial charge on any atom is 0.260 e. The standard InChI is InChI=1S/C21H26ClN5O3S/c1-2-26-20(25-11-13-30-14-12-25)23-24-21(26)31-17-5-3-4-10-27(19(17)29)18(28)15-6-8-16(22)9-7-15/h6-9,17H,2-5,10-14H2,1H3/t17-/m0/s1. The van der Waals surface area contributed by atoms with Crippen LogP contribution in [0.1, 0.15) is 36.5 Å². The minimum Gasteiger partial charge on any atom is -0.378 e. The quantitative estimate of drug-likeness (QED) is 0.630.